The summed E-state index contributed by atoms with van der Waals surface area (Å²) < 4.78 is 50.3. The first-order valence-electron chi connectivity index (χ1n) is 14.1. The lowest BCUT2D eigenvalue weighted by molar-refractivity contribution is -0.138. The molecule has 2 aliphatic rings. The number of aromatic nitrogens is 3. The van der Waals surface area contributed by atoms with Crippen LogP contribution in [0, 0.1) is 0 Å². The van der Waals surface area contributed by atoms with Crippen LogP contribution in [0.1, 0.15) is 46.3 Å². The third-order valence-electron chi connectivity index (χ3n) is 7.78. The standard InChI is InChI=1S/C30H30F3N7O3/c1-34-37-26(25-15-23(7-6-20(25)18-41)42-22-3-2-4-22)13-19-5-8-24-27(14-19)43-38-28(24)39-9-11-40(12-10-39)29-35-16-21(17-36-29)30(31,32)33/h5-8,14-18,22,34H,2-4,9-13H2,1H3/b37-26-. The van der Waals surface area contributed by atoms with Crippen molar-refractivity contribution >= 4 is 34.7 Å². The van der Waals surface area contributed by atoms with Gasteiger partial charge in [0, 0.05) is 63.2 Å². The summed E-state index contributed by atoms with van der Waals surface area (Å²) in [7, 11) is 1.71. The van der Waals surface area contributed by atoms with E-state index in [0.29, 0.717) is 60.8 Å². The van der Waals surface area contributed by atoms with Crippen LogP contribution in [0.3, 0.4) is 0 Å². The second-order valence-corrected chi connectivity index (χ2v) is 10.6. The number of nitrogens with zero attached hydrogens (tertiary/aromatic N) is 6. The number of ether oxygens (including phenoxy) is 1. The van der Waals surface area contributed by atoms with Gasteiger partial charge in [0.05, 0.1) is 22.8 Å². The number of carbonyl (C=O) groups is 1. The first kappa shape index (κ1) is 28.4. The summed E-state index contributed by atoms with van der Waals surface area (Å²) in [4.78, 5) is 23.6. The lowest BCUT2D eigenvalue weighted by atomic mass is 9.95. The number of rotatable bonds is 9. The van der Waals surface area contributed by atoms with Crippen LogP contribution in [0.4, 0.5) is 24.9 Å². The maximum Gasteiger partial charge on any atom is 0.419 e. The van der Waals surface area contributed by atoms with Crippen molar-refractivity contribution in [3.63, 3.8) is 0 Å². The Morgan fingerprint density at radius 3 is 2.49 bits per heavy atom. The molecule has 1 aliphatic heterocycles. The molecule has 43 heavy (non-hydrogen) atoms. The van der Waals surface area contributed by atoms with Gasteiger partial charge in [0.2, 0.25) is 5.95 Å². The Morgan fingerprint density at radius 2 is 1.84 bits per heavy atom. The van der Waals surface area contributed by atoms with Crippen molar-refractivity contribution in [3.8, 4) is 5.75 Å². The zero-order valence-corrected chi connectivity index (χ0v) is 23.5. The first-order chi connectivity index (χ1) is 20.8. The predicted octanol–water partition coefficient (Wildman–Crippen LogP) is 4.87. The Hall–Kier alpha value is -4.68. The fourth-order valence-corrected chi connectivity index (χ4v) is 5.22. The van der Waals surface area contributed by atoms with Crippen molar-refractivity contribution in [1.29, 1.82) is 0 Å². The number of piperazine rings is 1. The average molecular weight is 594 g/mol. The third kappa shape index (κ3) is 6.11. The smallest absolute Gasteiger partial charge is 0.419 e. The molecule has 2 aromatic heterocycles. The second-order valence-electron chi connectivity index (χ2n) is 10.6. The number of halogens is 3. The number of benzene rings is 2. The zero-order valence-electron chi connectivity index (χ0n) is 23.5. The molecule has 0 amide bonds. The minimum atomic E-state index is -4.47. The molecule has 1 saturated heterocycles. The highest BCUT2D eigenvalue weighted by molar-refractivity contribution is 6.07. The molecule has 224 valence electrons. The molecular formula is C30H30F3N7O3. The minimum absolute atomic E-state index is 0.212. The van der Waals surface area contributed by atoms with Gasteiger partial charge in [0.1, 0.15) is 5.75 Å². The molecule has 3 heterocycles. The van der Waals surface area contributed by atoms with E-state index in [1.807, 2.05) is 35.2 Å². The molecule has 4 aromatic rings. The maximum atomic E-state index is 12.9. The zero-order chi connectivity index (χ0) is 30.0. The number of hydrogen-bond acceptors (Lipinski definition) is 10. The van der Waals surface area contributed by atoms with Crippen LogP contribution in [0.15, 0.2) is 58.4 Å². The molecule has 0 radical (unpaired) electrons. The molecule has 2 aromatic carbocycles. The van der Waals surface area contributed by atoms with Gasteiger partial charge in [-0.1, -0.05) is 11.2 Å². The van der Waals surface area contributed by atoms with Crippen LogP contribution in [-0.2, 0) is 12.6 Å². The summed E-state index contributed by atoms with van der Waals surface area (Å²) in [5.74, 6) is 1.68. The highest BCUT2D eigenvalue weighted by Crippen LogP contribution is 2.31. The average Bonchev–Trinajstić information content (AvgIpc) is 3.42. The summed E-state index contributed by atoms with van der Waals surface area (Å²) in [5, 5.41) is 9.66. The first-order valence-corrected chi connectivity index (χ1v) is 14.1. The molecule has 1 saturated carbocycles. The molecule has 2 fully saturated rings. The Bertz CT molecular complexity index is 1630. The molecule has 0 atom stereocenters. The lowest BCUT2D eigenvalue weighted by Gasteiger charge is -2.34. The minimum Gasteiger partial charge on any atom is -0.490 e. The Morgan fingerprint density at radius 1 is 1.09 bits per heavy atom. The summed E-state index contributed by atoms with van der Waals surface area (Å²) in [5.41, 5.74) is 5.44. The number of fused-ring (bicyclic) bond motifs is 1. The topological polar surface area (TPSA) is 109 Å². The van der Waals surface area contributed by atoms with Gasteiger partial charge in [-0.2, -0.15) is 18.3 Å². The van der Waals surface area contributed by atoms with Gasteiger partial charge < -0.3 is 24.5 Å². The van der Waals surface area contributed by atoms with Crippen molar-refractivity contribution in [2.75, 3.05) is 43.0 Å². The SMILES string of the molecule is CN/N=C(/Cc1ccc2c(N3CCN(c4ncc(C(F)(F)F)cn4)CC3)noc2c1)c1cc(OC2CCC2)ccc1C=O. The van der Waals surface area contributed by atoms with Crippen LogP contribution in [0.2, 0.25) is 0 Å². The predicted molar refractivity (Wildman–Crippen MR) is 155 cm³/mol. The lowest BCUT2D eigenvalue weighted by Crippen LogP contribution is -2.47. The summed E-state index contributed by atoms with van der Waals surface area (Å²) >= 11 is 0. The summed E-state index contributed by atoms with van der Waals surface area (Å²) in [6, 6.07) is 11.3. The Balaban J connectivity index is 1.16. The van der Waals surface area contributed by atoms with Gasteiger partial charge in [0.25, 0.3) is 0 Å². The van der Waals surface area contributed by atoms with Crippen molar-refractivity contribution in [2.24, 2.45) is 5.10 Å². The quantitative estimate of drug-likeness (QED) is 0.165. The summed E-state index contributed by atoms with van der Waals surface area (Å²) in [6.07, 6.45) is 1.84. The van der Waals surface area contributed by atoms with Crippen LogP contribution < -0.4 is 20.0 Å². The molecule has 0 spiro atoms. The maximum absolute atomic E-state index is 12.9. The molecule has 0 unspecified atom stereocenters. The Kier molecular flexibility index (Phi) is 7.87. The van der Waals surface area contributed by atoms with E-state index < -0.39 is 11.7 Å². The van der Waals surface area contributed by atoms with E-state index in [9.17, 15) is 18.0 Å². The van der Waals surface area contributed by atoms with E-state index in [2.05, 4.69) is 30.6 Å². The number of hydrogen-bond donors (Lipinski definition) is 1. The molecular weight excluding hydrogens is 563 g/mol. The number of aldehydes is 1. The van der Waals surface area contributed by atoms with Crippen LogP contribution in [-0.4, -0.2) is 66.5 Å². The van der Waals surface area contributed by atoms with Crippen molar-refractivity contribution in [3.05, 3.63) is 71.0 Å². The van der Waals surface area contributed by atoms with Crippen LogP contribution in [0.25, 0.3) is 11.0 Å². The molecule has 6 rings (SSSR count). The van der Waals surface area contributed by atoms with Gasteiger partial charge in [-0.25, -0.2) is 9.97 Å². The highest BCUT2D eigenvalue weighted by atomic mass is 19.4. The van der Waals surface area contributed by atoms with Gasteiger partial charge in [-0.15, -0.1) is 0 Å². The summed E-state index contributed by atoms with van der Waals surface area (Å²) in [6.45, 7) is 2.18. The monoisotopic (exact) mass is 593 g/mol. The van der Waals surface area contributed by atoms with E-state index in [1.54, 1.807) is 13.1 Å². The van der Waals surface area contributed by atoms with Gasteiger partial charge in [-0.3, -0.25) is 4.79 Å². The molecule has 13 heteroatoms. The molecule has 10 nitrogen and oxygen atoms in total. The number of nitrogens with one attached hydrogen (secondary N) is 1. The van der Waals surface area contributed by atoms with Crippen molar-refractivity contribution in [2.45, 2.75) is 38.0 Å². The van der Waals surface area contributed by atoms with Gasteiger partial charge in [-0.05, 0) is 55.2 Å². The number of anilines is 2. The third-order valence-corrected chi connectivity index (χ3v) is 7.78. The largest absolute Gasteiger partial charge is 0.490 e. The number of carbonyl (C=O) groups excluding carboxylic acids is 1. The molecule has 1 aliphatic carbocycles. The van der Waals surface area contributed by atoms with E-state index in [-0.39, 0.29) is 12.1 Å². The van der Waals surface area contributed by atoms with E-state index in [4.69, 9.17) is 9.26 Å². The van der Waals surface area contributed by atoms with Gasteiger partial charge in [0.15, 0.2) is 17.7 Å². The molecule has 0 bridgehead atoms. The van der Waals surface area contributed by atoms with E-state index in [1.165, 1.54) is 0 Å². The van der Waals surface area contributed by atoms with Crippen LogP contribution >= 0.6 is 0 Å². The second kappa shape index (κ2) is 11.9. The molecule has 1 N–H and O–H groups in total. The Labute approximate surface area is 245 Å². The van der Waals surface area contributed by atoms with E-state index in [0.717, 1.165) is 54.6 Å². The van der Waals surface area contributed by atoms with Crippen LogP contribution in [0.5, 0.6) is 5.75 Å². The number of alkyl halides is 3. The van der Waals surface area contributed by atoms with E-state index >= 15 is 0 Å². The van der Waals surface area contributed by atoms with Crippen molar-refractivity contribution < 1.29 is 27.2 Å². The van der Waals surface area contributed by atoms with Crippen molar-refractivity contribution in [1.82, 2.24) is 20.6 Å². The highest BCUT2D eigenvalue weighted by Gasteiger charge is 2.32. The normalized spacial score (nSPS) is 16.3. The fraction of sp³-hybridized carbons (Fsp3) is 0.367. The number of hydrazone groups is 1. The van der Waals surface area contributed by atoms with Gasteiger partial charge >= 0.3 is 6.18 Å². The fourth-order valence-electron chi connectivity index (χ4n) is 5.22.